The van der Waals surface area contributed by atoms with Crippen molar-refractivity contribution in [2.24, 2.45) is 10.2 Å². The van der Waals surface area contributed by atoms with E-state index in [1.165, 1.54) is 24.3 Å². The molecule has 0 aliphatic rings. The van der Waals surface area contributed by atoms with E-state index in [-0.39, 0.29) is 28.0 Å². The minimum atomic E-state index is -3.80. The molecule has 6 N–H and O–H groups in total. The average Bonchev–Trinajstić information content (AvgIpc) is 2.90. The molecule has 0 saturated carbocycles. The Balaban J connectivity index is 1.79. The molecule has 12 heteroatoms. The number of nitrogens with two attached hydrogens (primary N) is 2. The molecule has 3 aromatic rings. The fraction of sp³-hybridized carbons (Fsp3) is 0.133. The summed E-state index contributed by atoms with van der Waals surface area (Å²) in [7, 11) is -3.80. The highest BCUT2D eigenvalue weighted by atomic mass is 32.2. The van der Waals surface area contributed by atoms with E-state index in [2.05, 4.69) is 35.1 Å². The lowest BCUT2D eigenvalue weighted by Crippen LogP contribution is -2.14. The van der Waals surface area contributed by atoms with Gasteiger partial charge in [-0.2, -0.15) is 10.2 Å². The highest BCUT2D eigenvalue weighted by Gasteiger charge is 2.15. The van der Waals surface area contributed by atoms with Gasteiger partial charge in [0, 0.05) is 11.8 Å². The molecule has 0 radical (unpaired) electrons. The Hall–Kier alpha value is -3.54. The van der Waals surface area contributed by atoms with Crippen molar-refractivity contribution in [1.29, 1.82) is 0 Å². The molecule has 0 unspecified atom stereocenters. The third-order valence-electron chi connectivity index (χ3n) is 3.41. The van der Waals surface area contributed by atoms with E-state index < -0.39 is 10.0 Å². The second-order valence-corrected chi connectivity index (χ2v) is 7.29. The largest absolute Gasteiger partial charge is 0.382 e. The van der Waals surface area contributed by atoms with Crippen LogP contribution in [0.2, 0.25) is 0 Å². The van der Waals surface area contributed by atoms with Crippen LogP contribution in [-0.4, -0.2) is 28.6 Å². The molecule has 0 spiro atoms. The van der Waals surface area contributed by atoms with Crippen LogP contribution >= 0.6 is 0 Å². The fourth-order valence-corrected chi connectivity index (χ4v) is 3.23. The number of aromatic amines is 1. The van der Waals surface area contributed by atoms with E-state index >= 15 is 0 Å². The van der Waals surface area contributed by atoms with Gasteiger partial charge in [-0.25, -0.2) is 18.4 Å². The molecule has 2 aromatic heterocycles. The van der Waals surface area contributed by atoms with Crippen molar-refractivity contribution < 1.29 is 8.42 Å². The van der Waals surface area contributed by atoms with Crippen molar-refractivity contribution in [2.45, 2.75) is 18.7 Å². The Bertz CT molecular complexity index is 1070. The standard InChI is InChI=1S/C15H17N9O2S/c1-8-7-12(19-9(2)18-8)24-27(25,26)11-5-3-10(4-6-11)20-21-13-14(16)22-23-15(13)17/h3-7H,1-2H3,(H,18,19,24)(H5,16,17,22,23). The summed E-state index contributed by atoms with van der Waals surface area (Å²) in [5, 5.41) is 14.1. The molecule has 0 saturated heterocycles. The Kier molecular flexibility index (Phi) is 4.73. The number of nitrogens with zero attached hydrogens (tertiary/aromatic N) is 5. The lowest BCUT2D eigenvalue weighted by molar-refractivity contribution is 0.601. The number of H-pyrrole nitrogens is 1. The summed E-state index contributed by atoms with van der Waals surface area (Å²) in [4.78, 5) is 8.23. The van der Waals surface area contributed by atoms with Gasteiger partial charge in [-0.15, -0.1) is 5.11 Å². The van der Waals surface area contributed by atoms with Crippen molar-refractivity contribution >= 4 is 38.9 Å². The van der Waals surface area contributed by atoms with Gasteiger partial charge in [0.25, 0.3) is 10.0 Å². The summed E-state index contributed by atoms with van der Waals surface area (Å²) >= 11 is 0. The summed E-state index contributed by atoms with van der Waals surface area (Å²) in [6.45, 7) is 3.44. The quantitative estimate of drug-likeness (QED) is 0.484. The van der Waals surface area contributed by atoms with Gasteiger partial charge >= 0.3 is 0 Å². The predicted octanol–water partition coefficient (Wildman–Crippen LogP) is 2.20. The van der Waals surface area contributed by atoms with E-state index in [1.54, 1.807) is 19.9 Å². The second kappa shape index (κ2) is 6.99. The number of anilines is 3. The Morgan fingerprint density at radius 2 is 1.78 bits per heavy atom. The summed E-state index contributed by atoms with van der Waals surface area (Å²) < 4.78 is 27.4. The van der Waals surface area contributed by atoms with Crippen molar-refractivity contribution in [2.75, 3.05) is 16.2 Å². The fourth-order valence-electron chi connectivity index (χ4n) is 2.23. The Morgan fingerprint density at radius 3 is 2.37 bits per heavy atom. The van der Waals surface area contributed by atoms with Crippen LogP contribution in [0.15, 0.2) is 45.5 Å². The van der Waals surface area contributed by atoms with Crippen molar-refractivity contribution in [3.05, 3.63) is 41.9 Å². The van der Waals surface area contributed by atoms with E-state index in [0.717, 1.165) is 0 Å². The second-order valence-electron chi connectivity index (χ2n) is 5.61. The van der Waals surface area contributed by atoms with Gasteiger partial charge in [0.15, 0.2) is 11.5 Å². The smallest absolute Gasteiger partial charge is 0.263 e. The number of benzene rings is 1. The molecule has 140 valence electrons. The molecule has 2 heterocycles. The molecule has 0 aliphatic carbocycles. The maximum absolute atomic E-state index is 12.5. The molecule has 0 atom stereocenters. The Morgan fingerprint density at radius 1 is 1.07 bits per heavy atom. The first-order valence-corrected chi connectivity index (χ1v) is 9.19. The normalized spacial score (nSPS) is 11.8. The van der Waals surface area contributed by atoms with Crippen LogP contribution in [-0.2, 0) is 10.0 Å². The number of azo groups is 1. The van der Waals surface area contributed by atoms with Crippen LogP contribution < -0.4 is 16.2 Å². The van der Waals surface area contributed by atoms with Gasteiger partial charge in [0.2, 0.25) is 0 Å². The van der Waals surface area contributed by atoms with Crippen LogP contribution in [0.5, 0.6) is 0 Å². The lowest BCUT2D eigenvalue weighted by atomic mass is 10.3. The van der Waals surface area contributed by atoms with Crippen LogP contribution in [0.4, 0.5) is 28.8 Å². The number of hydrogen-bond acceptors (Lipinski definition) is 9. The van der Waals surface area contributed by atoms with Crippen LogP contribution in [0.25, 0.3) is 0 Å². The molecule has 27 heavy (non-hydrogen) atoms. The molecule has 0 fully saturated rings. The van der Waals surface area contributed by atoms with Crippen LogP contribution in [0.3, 0.4) is 0 Å². The molecular weight excluding hydrogens is 370 g/mol. The molecule has 3 rings (SSSR count). The molecule has 0 bridgehead atoms. The molecule has 0 aliphatic heterocycles. The number of aromatic nitrogens is 4. The first-order valence-electron chi connectivity index (χ1n) is 7.71. The van der Waals surface area contributed by atoms with E-state index in [4.69, 9.17) is 11.5 Å². The first kappa shape index (κ1) is 18.3. The zero-order valence-corrected chi connectivity index (χ0v) is 15.3. The van der Waals surface area contributed by atoms with Crippen molar-refractivity contribution in [1.82, 2.24) is 20.2 Å². The monoisotopic (exact) mass is 387 g/mol. The summed E-state index contributed by atoms with van der Waals surface area (Å²) in [6.07, 6.45) is 0. The van der Waals surface area contributed by atoms with Gasteiger partial charge < -0.3 is 11.5 Å². The number of nitrogens with one attached hydrogen (secondary N) is 2. The molecule has 11 nitrogen and oxygen atoms in total. The SMILES string of the molecule is Cc1cc(NS(=O)(=O)c2ccc(N=Nc3c(N)n[nH]c3N)cc2)nc(C)n1. The van der Waals surface area contributed by atoms with Gasteiger partial charge in [-0.05, 0) is 38.1 Å². The predicted molar refractivity (Wildman–Crippen MR) is 100 cm³/mol. The number of sulfonamides is 1. The van der Waals surface area contributed by atoms with Gasteiger partial charge in [-0.3, -0.25) is 9.82 Å². The van der Waals surface area contributed by atoms with Crippen LogP contribution in [0.1, 0.15) is 11.5 Å². The number of hydrogen-bond donors (Lipinski definition) is 4. The van der Waals surface area contributed by atoms with Crippen molar-refractivity contribution in [3.8, 4) is 0 Å². The maximum atomic E-state index is 12.5. The molecule has 0 amide bonds. The summed E-state index contributed by atoms with van der Waals surface area (Å²) in [6, 6.07) is 7.36. The third-order valence-corrected chi connectivity index (χ3v) is 4.78. The molecule has 1 aromatic carbocycles. The van der Waals surface area contributed by atoms with Crippen molar-refractivity contribution in [3.63, 3.8) is 0 Å². The average molecular weight is 387 g/mol. The lowest BCUT2D eigenvalue weighted by Gasteiger charge is -2.08. The molecular formula is C15H17N9O2S. The summed E-state index contributed by atoms with van der Waals surface area (Å²) in [5.41, 5.74) is 12.5. The minimum absolute atomic E-state index is 0.0534. The summed E-state index contributed by atoms with van der Waals surface area (Å²) in [5.74, 6) is 0.987. The minimum Gasteiger partial charge on any atom is -0.382 e. The van der Waals surface area contributed by atoms with Gasteiger partial charge in [0.05, 0.1) is 10.6 Å². The first-order chi connectivity index (χ1) is 12.7. The third kappa shape index (κ3) is 4.17. The number of aryl methyl sites for hydroxylation is 2. The van der Waals surface area contributed by atoms with Gasteiger partial charge in [-0.1, -0.05) is 0 Å². The highest BCUT2D eigenvalue weighted by molar-refractivity contribution is 7.92. The zero-order chi connectivity index (χ0) is 19.6. The zero-order valence-electron chi connectivity index (χ0n) is 14.5. The topological polar surface area (TPSA) is 177 Å². The van der Waals surface area contributed by atoms with Gasteiger partial charge in [0.1, 0.15) is 17.5 Å². The van der Waals surface area contributed by atoms with Crippen LogP contribution in [0, 0.1) is 13.8 Å². The number of rotatable bonds is 5. The Labute approximate surface area is 155 Å². The highest BCUT2D eigenvalue weighted by Crippen LogP contribution is 2.28. The van der Waals surface area contributed by atoms with E-state index in [1.807, 2.05) is 0 Å². The van der Waals surface area contributed by atoms with E-state index in [0.29, 0.717) is 17.2 Å². The van der Waals surface area contributed by atoms with E-state index in [9.17, 15) is 8.42 Å². The maximum Gasteiger partial charge on any atom is 0.263 e. The number of nitrogen functional groups attached to an aromatic ring is 2.